The number of hydrogen-bond acceptors (Lipinski definition) is 2. The highest BCUT2D eigenvalue weighted by molar-refractivity contribution is 6.32. The molecule has 0 spiro atoms. The third kappa shape index (κ3) is 1.14. The minimum atomic E-state index is -0.831. The first-order chi connectivity index (χ1) is 4.75. The molecule has 0 saturated carbocycles. The van der Waals surface area contributed by atoms with Gasteiger partial charge >= 0.3 is 0 Å². The number of carbonyl (C=O) groups excluding carboxylic acids is 1. The highest BCUT2D eigenvalue weighted by Gasteiger charge is 2.04. The molecule has 0 aliphatic heterocycles. The normalized spacial score (nSPS) is 9.40. The van der Waals surface area contributed by atoms with E-state index in [0.717, 1.165) is 0 Å². The number of carbonyl (C=O) groups is 1. The van der Waals surface area contributed by atoms with Crippen LogP contribution in [0.5, 0.6) is 0 Å². The van der Waals surface area contributed by atoms with E-state index < -0.39 is 5.95 Å². The molecular weight excluding hydrogens is 157 g/mol. The van der Waals surface area contributed by atoms with Crippen LogP contribution < -0.4 is 0 Å². The molecule has 1 aromatic heterocycles. The molecule has 0 N–H and O–H groups in total. The van der Waals surface area contributed by atoms with Crippen molar-refractivity contribution in [1.29, 1.82) is 0 Å². The van der Waals surface area contributed by atoms with Gasteiger partial charge in [0.15, 0.2) is 6.29 Å². The summed E-state index contributed by atoms with van der Waals surface area (Å²) in [5, 5.41) is 0.0856. The van der Waals surface area contributed by atoms with E-state index in [2.05, 4.69) is 4.98 Å². The SMILES string of the molecule is O=Cc1c(Cl)ccnc1F. The van der Waals surface area contributed by atoms with Gasteiger partial charge in [0.25, 0.3) is 0 Å². The first-order valence-electron chi connectivity index (χ1n) is 2.51. The van der Waals surface area contributed by atoms with Gasteiger partial charge in [0.2, 0.25) is 5.95 Å². The molecule has 52 valence electrons. The Morgan fingerprint density at radius 2 is 2.40 bits per heavy atom. The van der Waals surface area contributed by atoms with Gasteiger partial charge in [-0.3, -0.25) is 4.79 Å². The molecule has 0 amide bonds. The van der Waals surface area contributed by atoms with Crippen LogP contribution in [0.15, 0.2) is 12.3 Å². The molecule has 2 nitrogen and oxygen atoms in total. The van der Waals surface area contributed by atoms with Crippen LogP contribution in [0.2, 0.25) is 5.02 Å². The van der Waals surface area contributed by atoms with Gasteiger partial charge in [-0.05, 0) is 6.07 Å². The number of pyridine rings is 1. The third-order valence-electron chi connectivity index (χ3n) is 1.01. The molecule has 0 saturated heterocycles. The monoisotopic (exact) mass is 159 g/mol. The van der Waals surface area contributed by atoms with Crippen molar-refractivity contribution in [2.24, 2.45) is 0 Å². The van der Waals surface area contributed by atoms with E-state index in [0.29, 0.717) is 6.29 Å². The van der Waals surface area contributed by atoms with Crippen LogP contribution in [-0.2, 0) is 0 Å². The Morgan fingerprint density at radius 1 is 1.70 bits per heavy atom. The van der Waals surface area contributed by atoms with Gasteiger partial charge in [-0.1, -0.05) is 11.6 Å². The molecule has 1 heterocycles. The van der Waals surface area contributed by atoms with Crippen molar-refractivity contribution < 1.29 is 9.18 Å². The van der Waals surface area contributed by atoms with Gasteiger partial charge in [0.1, 0.15) is 0 Å². The first kappa shape index (κ1) is 7.15. The lowest BCUT2D eigenvalue weighted by molar-refractivity contribution is 0.111. The predicted molar refractivity (Wildman–Crippen MR) is 34.6 cm³/mol. The average molecular weight is 160 g/mol. The van der Waals surface area contributed by atoms with Crippen LogP contribution in [0.25, 0.3) is 0 Å². The van der Waals surface area contributed by atoms with Crippen LogP contribution in [0.3, 0.4) is 0 Å². The molecule has 0 atom stereocenters. The molecule has 0 fully saturated rings. The smallest absolute Gasteiger partial charge is 0.224 e. The van der Waals surface area contributed by atoms with Crippen LogP contribution >= 0.6 is 11.6 Å². The zero-order valence-electron chi connectivity index (χ0n) is 4.84. The van der Waals surface area contributed by atoms with Gasteiger partial charge in [0.05, 0.1) is 10.6 Å². The third-order valence-corrected chi connectivity index (χ3v) is 1.34. The maximum absolute atomic E-state index is 12.4. The number of rotatable bonds is 1. The van der Waals surface area contributed by atoms with Gasteiger partial charge < -0.3 is 0 Å². The van der Waals surface area contributed by atoms with Crippen LogP contribution in [0.4, 0.5) is 4.39 Å². The van der Waals surface area contributed by atoms with Crippen LogP contribution in [0.1, 0.15) is 10.4 Å². The molecule has 1 rings (SSSR count). The molecule has 4 heteroatoms. The predicted octanol–water partition coefficient (Wildman–Crippen LogP) is 1.69. The van der Waals surface area contributed by atoms with Crippen LogP contribution in [0, 0.1) is 5.95 Å². The summed E-state index contributed by atoms with van der Waals surface area (Å²) >= 11 is 5.42. The topological polar surface area (TPSA) is 30.0 Å². The minimum Gasteiger partial charge on any atom is -0.298 e. The summed E-state index contributed by atoms with van der Waals surface area (Å²) in [6.45, 7) is 0. The number of aldehydes is 1. The van der Waals surface area contributed by atoms with Crippen molar-refractivity contribution in [2.75, 3.05) is 0 Å². The minimum absolute atomic E-state index is 0.0856. The number of aromatic nitrogens is 1. The zero-order valence-corrected chi connectivity index (χ0v) is 5.60. The fraction of sp³-hybridized carbons (Fsp3) is 0. The Kier molecular flexibility index (Phi) is 1.97. The number of hydrogen-bond donors (Lipinski definition) is 0. The Hall–Kier alpha value is -0.960. The molecule has 0 unspecified atom stereocenters. The van der Waals surface area contributed by atoms with E-state index in [-0.39, 0.29) is 10.6 Å². The van der Waals surface area contributed by atoms with Gasteiger partial charge in [-0.2, -0.15) is 4.39 Å². The molecule has 0 bridgehead atoms. The lowest BCUT2D eigenvalue weighted by atomic mass is 10.3. The second kappa shape index (κ2) is 2.75. The lowest BCUT2D eigenvalue weighted by Crippen LogP contribution is -1.91. The van der Waals surface area contributed by atoms with Crippen LogP contribution in [-0.4, -0.2) is 11.3 Å². The summed E-state index contributed by atoms with van der Waals surface area (Å²) in [6, 6.07) is 1.36. The van der Waals surface area contributed by atoms with E-state index in [1.165, 1.54) is 12.3 Å². The summed E-state index contributed by atoms with van der Waals surface area (Å²) in [4.78, 5) is 13.3. The van der Waals surface area contributed by atoms with Gasteiger partial charge in [0, 0.05) is 6.20 Å². The lowest BCUT2D eigenvalue weighted by Gasteiger charge is -1.93. The Bertz CT molecular complexity index is 244. The number of halogens is 2. The average Bonchev–Trinajstić information content (AvgIpc) is 1.88. The quantitative estimate of drug-likeness (QED) is 0.461. The first-order valence-corrected chi connectivity index (χ1v) is 2.88. The van der Waals surface area contributed by atoms with E-state index >= 15 is 0 Å². The van der Waals surface area contributed by atoms with Gasteiger partial charge in [-0.25, -0.2) is 4.98 Å². The second-order valence-electron chi connectivity index (χ2n) is 1.62. The highest BCUT2D eigenvalue weighted by Crippen LogP contribution is 2.13. The van der Waals surface area contributed by atoms with Crippen molar-refractivity contribution in [3.63, 3.8) is 0 Å². The van der Waals surface area contributed by atoms with Crippen molar-refractivity contribution >= 4 is 17.9 Å². The fourth-order valence-corrected chi connectivity index (χ4v) is 0.710. The van der Waals surface area contributed by atoms with Crippen molar-refractivity contribution in [3.8, 4) is 0 Å². The van der Waals surface area contributed by atoms with E-state index in [1.54, 1.807) is 0 Å². The maximum Gasteiger partial charge on any atom is 0.224 e. The molecule has 0 aliphatic rings. The number of nitrogens with zero attached hydrogens (tertiary/aromatic N) is 1. The van der Waals surface area contributed by atoms with E-state index in [9.17, 15) is 9.18 Å². The molecular formula is C6H3ClFNO. The summed E-state index contributed by atoms with van der Waals surface area (Å²) in [7, 11) is 0. The summed E-state index contributed by atoms with van der Waals surface area (Å²) < 4.78 is 12.4. The Morgan fingerprint density at radius 3 is 2.80 bits per heavy atom. The summed E-state index contributed by atoms with van der Waals surface area (Å²) in [6.07, 6.45) is 1.54. The Balaban J connectivity index is 3.30. The van der Waals surface area contributed by atoms with E-state index in [4.69, 9.17) is 11.6 Å². The zero-order chi connectivity index (χ0) is 7.56. The second-order valence-corrected chi connectivity index (χ2v) is 2.02. The molecule has 10 heavy (non-hydrogen) atoms. The summed E-state index contributed by atoms with van der Waals surface area (Å²) in [5.41, 5.74) is -0.191. The standard InChI is InChI=1S/C6H3ClFNO/c7-5-1-2-9-6(8)4(5)3-10/h1-3H. The molecule has 1 aromatic rings. The van der Waals surface area contributed by atoms with Crippen molar-refractivity contribution in [3.05, 3.63) is 28.8 Å². The molecule has 0 aliphatic carbocycles. The highest BCUT2D eigenvalue weighted by atomic mass is 35.5. The maximum atomic E-state index is 12.4. The summed E-state index contributed by atoms with van der Waals surface area (Å²) in [5.74, 6) is -0.831. The largest absolute Gasteiger partial charge is 0.298 e. The van der Waals surface area contributed by atoms with E-state index in [1.807, 2.05) is 0 Å². The fourth-order valence-electron chi connectivity index (χ4n) is 0.531. The van der Waals surface area contributed by atoms with Crippen molar-refractivity contribution in [1.82, 2.24) is 4.98 Å². The van der Waals surface area contributed by atoms with Gasteiger partial charge in [-0.15, -0.1) is 0 Å². The molecule has 0 aromatic carbocycles. The molecule has 0 radical (unpaired) electrons. The Labute approximate surface area is 61.6 Å². The van der Waals surface area contributed by atoms with Crippen molar-refractivity contribution in [2.45, 2.75) is 0 Å².